The van der Waals surface area contributed by atoms with Gasteiger partial charge in [-0.2, -0.15) is 5.10 Å². The number of aromatic amines is 2. The van der Waals surface area contributed by atoms with Gasteiger partial charge in [-0.3, -0.25) is 10.1 Å². The monoisotopic (exact) mass is 492 g/mol. The lowest BCUT2D eigenvalue weighted by atomic mass is 10.0. The second kappa shape index (κ2) is 9.85. The summed E-state index contributed by atoms with van der Waals surface area (Å²) in [7, 11) is 0. The molecule has 0 atom stereocenters. The molecule has 0 aliphatic carbocycles. The molecule has 5 rings (SSSR count). The standard InChI is InChI=1S/C30H29FN6/c1-6-26-25(12-19(5)21-14-23(16-32-15-21)33-17(2)3)29(37-36-26)30-34-27-9-7-8-24(28(27)35-30)20-10-18(4)11-22(31)13-20/h6-17,33,36H,5H2,1-4H3,(H,34,35)/b25-12+,26-6+. The van der Waals surface area contributed by atoms with Gasteiger partial charge in [0.1, 0.15) is 11.5 Å². The molecule has 3 N–H and O–H groups in total. The molecule has 37 heavy (non-hydrogen) atoms. The Balaban J connectivity index is 1.61. The Morgan fingerprint density at radius 3 is 2.73 bits per heavy atom. The third-order valence-electron chi connectivity index (χ3n) is 6.10. The first-order chi connectivity index (χ1) is 17.8. The Bertz CT molecular complexity index is 1720. The number of anilines is 1. The number of benzene rings is 2. The first kappa shape index (κ1) is 24.2. The van der Waals surface area contributed by atoms with Gasteiger partial charge in [-0.1, -0.05) is 30.9 Å². The van der Waals surface area contributed by atoms with Crippen LogP contribution in [0, 0.1) is 12.7 Å². The second-order valence-electron chi connectivity index (χ2n) is 9.42. The highest BCUT2D eigenvalue weighted by atomic mass is 19.1. The van der Waals surface area contributed by atoms with Gasteiger partial charge in [0.15, 0.2) is 5.82 Å². The molecule has 0 aliphatic rings. The van der Waals surface area contributed by atoms with Crippen LogP contribution in [0.1, 0.15) is 31.9 Å². The zero-order valence-electron chi connectivity index (χ0n) is 21.4. The average molecular weight is 493 g/mol. The van der Waals surface area contributed by atoms with Crippen molar-refractivity contribution in [3.05, 3.63) is 88.9 Å². The first-order valence-electron chi connectivity index (χ1n) is 12.2. The van der Waals surface area contributed by atoms with Crippen molar-refractivity contribution in [2.24, 2.45) is 0 Å². The molecule has 0 saturated heterocycles. The third-order valence-corrected chi connectivity index (χ3v) is 6.10. The molecule has 0 fully saturated rings. The summed E-state index contributed by atoms with van der Waals surface area (Å²) in [6, 6.07) is 13.2. The lowest BCUT2D eigenvalue weighted by molar-refractivity contribution is 0.627. The van der Waals surface area contributed by atoms with E-state index in [1.54, 1.807) is 12.4 Å². The number of nitrogens with one attached hydrogen (secondary N) is 3. The number of fused-ring (bicyclic) bond motifs is 1. The van der Waals surface area contributed by atoms with E-state index in [0.717, 1.165) is 55.1 Å². The Hall–Kier alpha value is -4.52. The van der Waals surface area contributed by atoms with Crippen LogP contribution in [0.5, 0.6) is 0 Å². The van der Waals surface area contributed by atoms with Crippen molar-refractivity contribution in [3.8, 4) is 22.6 Å². The number of halogens is 1. The van der Waals surface area contributed by atoms with Gasteiger partial charge in [0, 0.05) is 34.8 Å². The van der Waals surface area contributed by atoms with Crippen LogP contribution in [0.25, 0.3) is 51.4 Å². The lowest BCUT2D eigenvalue weighted by Gasteiger charge is -2.10. The maximum Gasteiger partial charge on any atom is 0.159 e. The van der Waals surface area contributed by atoms with Crippen molar-refractivity contribution in [2.45, 2.75) is 33.7 Å². The molecule has 2 aromatic carbocycles. The van der Waals surface area contributed by atoms with Crippen molar-refractivity contribution in [3.63, 3.8) is 0 Å². The topological polar surface area (TPSA) is 82.3 Å². The number of aryl methyl sites for hydroxylation is 1. The number of pyridine rings is 1. The summed E-state index contributed by atoms with van der Waals surface area (Å²) in [4.78, 5) is 12.7. The minimum Gasteiger partial charge on any atom is -0.382 e. The number of hydrogen-bond donors (Lipinski definition) is 3. The average Bonchev–Trinajstić information content (AvgIpc) is 3.46. The van der Waals surface area contributed by atoms with E-state index in [9.17, 15) is 4.39 Å². The lowest BCUT2D eigenvalue weighted by Crippen LogP contribution is -2.23. The van der Waals surface area contributed by atoms with Gasteiger partial charge in [-0.05, 0) is 74.7 Å². The van der Waals surface area contributed by atoms with Crippen LogP contribution in [0.15, 0.2) is 61.4 Å². The molecule has 0 spiro atoms. The van der Waals surface area contributed by atoms with Gasteiger partial charge < -0.3 is 10.3 Å². The van der Waals surface area contributed by atoms with E-state index in [1.807, 2.05) is 56.3 Å². The van der Waals surface area contributed by atoms with Crippen LogP contribution in [0.4, 0.5) is 10.1 Å². The summed E-state index contributed by atoms with van der Waals surface area (Å²) in [6.07, 6.45) is 7.56. The zero-order chi connectivity index (χ0) is 26.1. The van der Waals surface area contributed by atoms with Gasteiger partial charge in [0.25, 0.3) is 0 Å². The highest BCUT2D eigenvalue weighted by Crippen LogP contribution is 2.30. The van der Waals surface area contributed by atoms with Crippen molar-refractivity contribution >= 4 is 34.4 Å². The van der Waals surface area contributed by atoms with Gasteiger partial charge in [0.05, 0.1) is 22.1 Å². The van der Waals surface area contributed by atoms with Gasteiger partial charge in [-0.15, -0.1) is 0 Å². The molecule has 7 heteroatoms. The molecule has 186 valence electrons. The normalized spacial score (nSPS) is 12.6. The van der Waals surface area contributed by atoms with Crippen LogP contribution in [-0.2, 0) is 0 Å². The fourth-order valence-corrected chi connectivity index (χ4v) is 4.47. The van der Waals surface area contributed by atoms with E-state index in [2.05, 4.69) is 45.9 Å². The number of para-hydroxylation sites is 1. The van der Waals surface area contributed by atoms with E-state index in [-0.39, 0.29) is 5.82 Å². The predicted octanol–water partition coefficient (Wildman–Crippen LogP) is 5.58. The summed E-state index contributed by atoms with van der Waals surface area (Å²) < 4.78 is 14.2. The Kier molecular flexibility index (Phi) is 6.44. The fourth-order valence-electron chi connectivity index (χ4n) is 4.47. The SMILES string of the molecule is C=C(/C=c1/c(-c2nc3c(-c4cc(C)cc(F)c4)cccc3[nH]2)n[nH]/c1=C/C)c1cncc(NC(C)C)c1. The summed E-state index contributed by atoms with van der Waals surface area (Å²) in [5, 5.41) is 12.8. The van der Waals surface area contributed by atoms with E-state index in [0.29, 0.717) is 17.6 Å². The summed E-state index contributed by atoms with van der Waals surface area (Å²) in [5.74, 6) is 0.350. The smallest absolute Gasteiger partial charge is 0.159 e. The fraction of sp³-hybridized carbons (Fsp3) is 0.167. The van der Waals surface area contributed by atoms with Crippen molar-refractivity contribution < 1.29 is 4.39 Å². The summed E-state index contributed by atoms with van der Waals surface area (Å²) in [6.45, 7) is 12.3. The zero-order valence-corrected chi connectivity index (χ0v) is 21.4. The molecule has 0 unspecified atom stereocenters. The summed E-state index contributed by atoms with van der Waals surface area (Å²) in [5.41, 5.74) is 7.44. The highest BCUT2D eigenvalue weighted by molar-refractivity contribution is 5.94. The van der Waals surface area contributed by atoms with Gasteiger partial charge >= 0.3 is 0 Å². The number of nitrogens with zero attached hydrogens (tertiary/aromatic N) is 3. The van der Waals surface area contributed by atoms with Crippen LogP contribution in [0.3, 0.4) is 0 Å². The highest BCUT2D eigenvalue weighted by Gasteiger charge is 2.15. The largest absolute Gasteiger partial charge is 0.382 e. The molecule has 0 bridgehead atoms. The van der Waals surface area contributed by atoms with E-state index in [1.165, 1.54) is 12.1 Å². The quantitative estimate of drug-likeness (QED) is 0.289. The maximum absolute atomic E-state index is 14.2. The molecular formula is C30H29FN6. The Labute approximate surface area is 214 Å². The molecule has 3 aromatic heterocycles. The maximum atomic E-state index is 14.2. The number of rotatable bonds is 6. The van der Waals surface area contributed by atoms with Crippen molar-refractivity contribution in [2.75, 3.05) is 5.32 Å². The van der Waals surface area contributed by atoms with Crippen LogP contribution < -0.4 is 15.9 Å². The van der Waals surface area contributed by atoms with E-state index in [4.69, 9.17) is 4.98 Å². The number of H-pyrrole nitrogens is 2. The minimum atomic E-state index is -0.268. The molecule has 0 aliphatic heterocycles. The van der Waals surface area contributed by atoms with E-state index < -0.39 is 0 Å². The Morgan fingerprint density at radius 1 is 1.14 bits per heavy atom. The molecular weight excluding hydrogens is 463 g/mol. The van der Waals surface area contributed by atoms with Crippen LogP contribution in [-0.4, -0.2) is 31.2 Å². The molecule has 0 amide bonds. The van der Waals surface area contributed by atoms with E-state index >= 15 is 0 Å². The van der Waals surface area contributed by atoms with Crippen LogP contribution >= 0.6 is 0 Å². The minimum absolute atomic E-state index is 0.268. The number of aromatic nitrogens is 5. The molecule has 5 aromatic rings. The number of hydrogen-bond acceptors (Lipinski definition) is 4. The number of imidazole rings is 1. The molecule has 0 saturated carbocycles. The molecule has 3 heterocycles. The van der Waals surface area contributed by atoms with Crippen molar-refractivity contribution in [1.82, 2.24) is 25.1 Å². The molecule has 6 nitrogen and oxygen atoms in total. The Morgan fingerprint density at radius 2 is 1.97 bits per heavy atom. The van der Waals surface area contributed by atoms with Gasteiger partial charge in [-0.25, -0.2) is 9.37 Å². The van der Waals surface area contributed by atoms with Gasteiger partial charge in [0.2, 0.25) is 0 Å². The first-order valence-corrected chi connectivity index (χ1v) is 12.2. The predicted molar refractivity (Wildman–Crippen MR) is 150 cm³/mol. The molecule has 0 radical (unpaired) electrons. The third kappa shape index (κ3) is 4.93. The van der Waals surface area contributed by atoms with Crippen LogP contribution in [0.2, 0.25) is 0 Å². The second-order valence-corrected chi connectivity index (χ2v) is 9.42. The number of allylic oxidation sites excluding steroid dienone is 1. The van der Waals surface area contributed by atoms with Crippen molar-refractivity contribution in [1.29, 1.82) is 0 Å². The summed E-state index contributed by atoms with van der Waals surface area (Å²) >= 11 is 0.